The van der Waals surface area contributed by atoms with Crippen LogP contribution in [0.1, 0.15) is 17.0 Å². The van der Waals surface area contributed by atoms with Gasteiger partial charge in [0.05, 0.1) is 9.70 Å². The minimum atomic E-state index is -2.63. The molecule has 2 aromatic heterocycles. The van der Waals surface area contributed by atoms with Gasteiger partial charge in [0, 0.05) is 6.54 Å². The topological polar surface area (TPSA) is 88.8 Å². The zero-order valence-corrected chi connectivity index (χ0v) is 17.8. The number of thiol groups is 1. The molecule has 24 heavy (non-hydrogen) atoms. The minimum Gasteiger partial charge on any atom is -0.539 e. The third kappa shape index (κ3) is 5.09. The van der Waals surface area contributed by atoms with Gasteiger partial charge in [-0.05, 0) is 37.5 Å². The van der Waals surface area contributed by atoms with E-state index in [0.717, 1.165) is 4.88 Å². The van der Waals surface area contributed by atoms with Crippen LogP contribution in [0.5, 0.6) is 11.5 Å². The molecule has 10 heteroatoms. The van der Waals surface area contributed by atoms with Gasteiger partial charge < -0.3 is 13.9 Å². The molecule has 2 heterocycles. The molecule has 0 aromatic carbocycles. The van der Waals surface area contributed by atoms with Crippen LogP contribution in [0.4, 0.5) is 0 Å². The molecule has 0 bridgehead atoms. The van der Waals surface area contributed by atoms with E-state index in [1.165, 1.54) is 11.3 Å². The Morgan fingerprint density at radius 3 is 2.71 bits per heavy atom. The van der Waals surface area contributed by atoms with Crippen LogP contribution in [0.25, 0.3) is 10.6 Å². The van der Waals surface area contributed by atoms with E-state index >= 15 is 0 Å². The molecule has 0 fully saturated rings. The summed E-state index contributed by atoms with van der Waals surface area (Å²) in [7, 11) is -4.61. The van der Waals surface area contributed by atoms with Gasteiger partial charge in [0.25, 0.3) is 0 Å². The van der Waals surface area contributed by atoms with Gasteiger partial charge in [0.2, 0.25) is 25.0 Å². The molecule has 0 spiro atoms. The number of nitrogens with one attached hydrogen (secondary N) is 1. The summed E-state index contributed by atoms with van der Waals surface area (Å²) in [6, 6.07) is 3.74. The fourth-order valence-corrected chi connectivity index (χ4v) is 4.38. The van der Waals surface area contributed by atoms with Crippen molar-refractivity contribution < 1.29 is 22.4 Å². The van der Waals surface area contributed by atoms with E-state index in [0.29, 0.717) is 23.7 Å². The zero-order chi connectivity index (χ0) is 17.9. The van der Waals surface area contributed by atoms with E-state index in [9.17, 15) is 13.5 Å². The lowest BCUT2D eigenvalue weighted by Crippen LogP contribution is -2.29. The molecule has 0 aliphatic carbocycles. The molecule has 0 amide bonds. The molecule has 134 valence electrons. The maximum absolute atomic E-state index is 10.6. The number of alkyl halides is 1. The van der Waals surface area contributed by atoms with Crippen molar-refractivity contribution in [1.29, 1.82) is 0 Å². The number of hydrogen-bond donors (Lipinski definition) is 3. The smallest absolute Gasteiger partial charge is 0.242 e. The van der Waals surface area contributed by atoms with Crippen molar-refractivity contribution in [2.24, 2.45) is 0 Å². The molecule has 0 aliphatic heterocycles. The summed E-state index contributed by atoms with van der Waals surface area (Å²) in [4.78, 5) is 0.519. The summed E-state index contributed by atoms with van der Waals surface area (Å²) in [6.45, 7) is 6.31. The molecular weight excluding hydrogens is 434 g/mol. The molecule has 0 saturated carbocycles. The van der Waals surface area contributed by atoms with Crippen LogP contribution in [0.15, 0.2) is 21.9 Å². The van der Waals surface area contributed by atoms with Gasteiger partial charge in [0.1, 0.15) is 0 Å². The van der Waals surface area contributed by atoms with E-state index in [4.69, 9.17) is 8.84 Å². The number of hydrogen-bond acceptors (Lipinski definition) is 6. The van der Waals surface area contributed by atoms with Crippen LogP contribution in [-0.2, 0) is 10.9 Å². The number of rotatable bonds is 8. The van der Waals surface area contributed by atoms with Gasteiger partial charge >= 0.3 is 0 Å². The highest BCUT2D eigenvalue weighted by molar-refractivity contribution is 9.09. The molecule has 0 aliphatic rings. The summed E-state index contributed by atoms with van der Waals surface area (Å²) in [5, 5.41) is 12.5. The van der Waals surface area contributed by atoms with Crippen molar-refractivity contribution >= 4 is 46.5 Å². The third-order valence-corrected chi connectivity index (χ3v) is 5.98. The van der Waals surface area contributed by atoms with Crippen molar-refractivity contribution in [3.63, 3.8) is 0 Å². The zero-order valence-electron chi connectivity index (χ0n) is 13.5. The van der Waals surface area contributed by atoms with Crippen LogP contribution in [0, 0.1) is 0 Å². The molecule has 6 nitrogen and oxygen atoms in total. The lowest BCUT2D eigenvalue weighted by Gasteiger charge is -2.20. The van der Waals surface area contributed by atoms with E-state index in [1.54, 1.807) is 0 Å². The van der Waals surface area contributed by atoms with Crippen LogP contribution in [0.3, 0.4) is 0 Å². The summed E-state index contributed by atoms with van der Waals surface area (Å²) < 4.78 is 35.5. The summed E-state index contributed by atoms with van der Waals surface area (Å²) in [5.41, 5.74) is 0. The van der Waals surface area contributed by atoms with Gasteiger partial charge in [-0.15, -0.1) is 11.3 Å². The fraction of sp³-hybridized carbons (Fsp3) is 0.429. The van der Waals surface area contributed by atoms with Crippen LogP contribution in [0.2, 0.25) is 19.6 Å². The second-order valence-corrected chi connectivity index (χ2v) is 13.4. The van der Waals surface area contributed by atoms with Gasteiger partial charge in [-0.2, -0.15) is 0 Å². The Kier molecular flexibility index (Phi) is 6.54. The maximum atomic E-state index is 10.6. The fourth-order valence-electron chi connectivity index (χ4n) is 2.02. The average Bonchev–Trinajstić information content (AvgIpc) is 3.06. The molecule has 1 atom stereocenters. The minimum absolute atomic E-state index is 0.0119. The Balaban J connectivity index is 2.35. The second kappa shape index (κ2) is 8.04. The van der Waals surface area contributed by atoms with Crippen molar-refractivity contribution in [3.8, 4) is 22.1 Å². The van der Waals surface area contributed by atoms with Gasteiger partial charge in [-0.1, -0.05) is 22.0 Å². The maximum Gasteiger partial charge on any atom is 0.242 e. The second-order valence-electron chi connectivity index (χ2n) is 6.09. The first kappa shape index (κ1) is 19.5. The number of furan rings is 1. The van der Waals surface area contributed by atoms with Crippen molar-refractivity contribution in [1.82, 2.24) is 4.72 Å². The van der Waals surface area contributed by atoms with Crippen molar-refractivity contribution in [2.45, 2.75) is 30.9 Å². The molecule has 0 saturated heterocycles. The normalized spacial score (nSPS) is 13.4. The highest BCUT2D eigenvalue weighted by Crippen LogP contribution is 2.49. The Labute approximate surface area is 156 Å². The highest BCUT2D eigenvalue weighted by atomic mass is 79.9. The number of thiophene rings is 1. The van der Waals surface area contributed by atoms with Crippen LogP contribution in [-0.4, -0.2) is 28.4 Å². The first-order chi connectivity index (χ1) is 11.2. The van der Waals surface area contributed by atoms with Crippen LogP contribution >= 0.6 is 27.3 Å². The Hall–Kier alpha value is -0.813. The lowest BCUT2D eigenvalue weighted by atomic mass is 10.2. The predicted octanol–water partition coefficient (Wildman–Crippen LogP) is 3.87. The van der Waals surface area contributed by atoms with E-state index < -0.39 is 19.2 Å². The average molecular weight is 454 g/mol. The molecule has 1 unspecified atom stereocenters. The largest absolute Gasteiger partial charge is 0.539 e. The molecular formula is C14H20BrNO5S2Si. The standard InChI is InChI=1S/C14H20BrNO5S2Si/c1-24(2,3)21-14-11(17)13(10-5-4-8-22-10)20-12(14)9(15)6-7-16-23(18)19/h4-5,8-9,17,23H,6-7H2,1-3H3,(H,16,18,19). The Morgan fingerprint density at radius 1 is 1.46 bits per heavy atom. The quantitative estimate of drug-likeness (QED) is 0.320. The van der Waals surface area contributed by atoms with E-state index in [-0.39, 0.29) is 17.1 Å². The molecule has 2 N–H and O–H groups in total. The van der Waals surface area contributed by atoms with Crippen LogP contribution < -0.4 is 9.15 Å². The Morgan fingerprint density at radius 2 is 2.17 bits per heavy atom. The third-order valence-electron chi connectivity index (χ3n) is 2.94. The van der Waals surface area contributed by atoms with Gasteiger partial charge in [-0.25, -0.2) is 13.1 Å². The molecule has 2 aromatic rings. The lowest BCUT2D eigenvalue weighted by molar-refractivity contribution is 0.439. The summed E-state index contributed by atoms with van der Waals surface area (Å²) >= 11 is 4.96. The van der Waals surface area contributed by atoms with Gasteiger partial charge in [-0.3, -0.25) is 0 Å². The molecule has 0 radical (unpaired) electrons. The van der Waals surface area contributed by atoms with Crippen molar-refractivity contribution in [3.05, 3.63) is 23.3 Å². The summed E-state index contributed by atoms with van der Waals surface area (Å²) in [5.74, 6) is 1.18. The first-order valence-electron chi connectivity index (χ1n) is 7.29. The van der Waals surface area contributed by atoms with E-state index in [1.807, 2.05) is 37.2 Å². The first-order valence-corrected chi connectivity index (χ1v) is 13.7. The monoisotopic (exact) mass is 453 g/mol. The predicted molar refractivity (Wildman–Crippen MR) is 102 cm³/mol. The van der Waals surface area contributed by atoms with Crippen molar-refractivity contribution in [2.75, 3.05) is 6.54 Å². The van der Waals surface area contributed by atoms with E-state index in [2.05, 4.69) is 20.7 Å². The SMILES string of the molecule is C[Si](C)(C)Oc1c(C(Br)CCN[SH](=O)=O)oc(-c2cccs2)c1O. The number of aromatic hydroxyl groups is 1. The highest BCUT2D eigenvalue weighted by Gasteiger charge is 2.30. The summed E-state index contributed by atoms with van der Waals surface area (Å²) in [6.07, 6.45) is 0.461. The molecule has 2 rings (SSSR count). The Bertz CT molecular complexity index is 744. The number of halogens is 1. The van der Waals surface area contributed by atoms with Gasteiger partial charge in [0.15, 0.2) is 17.3 Å².